The summed E-state index contributed by atoms with van der Waals surface area (Å²) in [6, 6.07) is 13.3. The first-order chi connectivity index (χ1) is 12.1. The molecule has 126 valence electrons. The van der Waals surface area contributed by atoms with E-state index in [1.165, 1.54) is 0 Å². The fraction of sp³-hybridized carbons (Fsp3) is 0.211. The highest BCUT2D eigenvalue weighted by atomic mass is 16.4. The molecular formula is C19H17N3O3. The molecule has 0 unspecified atom stereocenters. The van der Waals surface area contributed by atoms with Crippen molar-refractivity contribution in [3.05, 3.63) is 59.8 Å². The Labute approximate surface area is 144 Å². The quantitative estimate of drug-likeness (QED) is 0.770. The zero-order valence-electron chi connectivity index (χ0n) is 13.5. The molecule has 0 bridgehead atoms. The number of hydrogen-bond acceptors (Lipinski definition) is 3. The molecule has 0 saturated carbocycles. The Hall–Kier alpha value is -3.15. The first-order valence-electron chi connectivity index (χ1n) is 8.15. The van der Waals surface area contributed by atoms with Gasteiger partial charge in [-0.05, 0) is 35.7 Å². The average Bonchev–Trinajstić information content (AvgIpc) is 3.04. The third-order valence-corrected chi connectivity index (χ3v) is 4.72. The van der Waals surface area contributed by atoms with E-state index in [1.54, 1.807) is 11.1 Å². The number of fused-ring (bicyclic) bond motifs is 3. The van der Waals surface area contributed by atoms with Crippen LogP contribution in [0.5, 0.6) is 0 Å². The van der Waals surface area contributed by atoms with Crippen molar-refractivity contribution in [1.82, 2.24) is 10.2 Å². The smallest absolute Gasteiger partial charge is 0.304 e. The number of benzene rings is 2. The second-order valence-electron chi connectivity index (χ2n) is 6.29. The van der Waals surface area contributed by atoms with Crippen LogP contribution in [0.3, 0.4) is 0 Å². The summed E-state index contributed by atoms with van der Waals surface area (Å²) in [6.07, 6.45) is 2.01. The predicted octanol–water partition coefficient (Wildman–Crippen LogP) is 2.74. The zero-order chi connectivity index (χ0) is 17.4. The number of carboxylic acids is 1. The van der Waals surface area contributed by atoms with Gasteiger partial charge in [0.05, 0.1) is 30.6 Å². The van der Waals surface area contributed by atoms with E-state index in [9.17, 15) is 14.7 Å². The molecule has 0 aliphatic carbocycles. The van der Waals surface area contributed by atoms with Crippen LogP contribution in [0.4, 0.5) is 5.69 Å². The molecule has 2 aromatic carbocycles. The number of aliphatic carboxylic acids is 1. The Morgan fingerprint density at radius 2 is 2.04 bits per heavy atom. The van der Waals surface area contributed by atoms with Gasteiger partial charge in [0.1, 0.15) is 0 Å². The number of hydrogen-bond donors (Lipinski definition) is 2. The standard InChI is InChI=1S/C19H17N3O3/c23-18(24)9-13-8-12-6-7-17-15(10-20-21-17)16(12)11-22(19(13)25)14-4-2-1-3-5-14/h1-7,10,13H,8-9,11H2,(H,20,21)(H,23,24)/t13-/m0/s1. The Kier molecular flexibility index (Phi) is 3.72. The van der Waals surface area contributed by atoms with Crippen molar-refractivity contribution in [2.45, 2.75) is 19.4 Å². The number of carbonyl (C=O) groups excluding carboxylic acids is 1. The van der Waals surface area contributed by atoms with E-state index in [0.717, 1.165) is 27.7 Å². The van der Waals surface area contributed by atoms with E-state index in [4.69, 9.17) is 0 Å². The Bertz CT molecular complexity index is 949. The van der Waals surface area contributed by atoms with Crippen LogP contribution in [0, 0.1) is 5.92 Å². The molecule has 4 rings (SSSR count). The third kappa shape index (κ3) is 2.76. The molecule has 25 heavy (non-hydrogen) atoms. The Morgan fingerprint density at radius 1 is 1.24 bits per heavy atom. The van der Waals surface area contributed by atoms with Gasteiger partial charge < -0.3 is 10.0 Å². The number of aromatic nitrogens is 2. The summed E-state index contributed by atoms with van der Waals surface area (Å²) in [5.74, 6) is -1.69. The lowest BCUT2D eigenvalue weighted by Crippen LogP contribution is -2.35. The SMILES string of the molecule is O=C(O)C[C@@H]1Cc2ccc3[nH]ncc3c2CN(c2ccccc2)C1=O. The van der Waals surface area contributed by atoms with Crippen LogP contribution in [0.1, 0.15) is 17.5 Å². The van der Waals surface area contributed by atoms with Crippen molar-refractivity contribution < 1.29 is 14.7 Å². The molecule has 1 atom stereocenters. The largest absolute Gasteiger partial charge is 0.481 e. The fourth-order valence-electron chi connectivity index (χ4n) is 3.51. The number of nitrogens with one attached hydrogen (secondary N) is 1. The van der Waals surface area contributed by atoms with E-state index in [1.807, 2.05) is 42.5 Å². The van der Waals surface area contributed by atoms with Gasteiger partial charge in [0.25, 0.3) is 0 Å². The number of carbonyl (C=O) groups is 2. The highest BCUT2D eigenvalue weighted by Gasteiger charge is 2.32. The molecular weight excluding hydrogens is 318 g/mol. The summed E-state index contributed by atoms with van der Waals surface area (Å²) in [5.41, 5.74) is 3.72. The summed E-state index contributed by atoms with van der Waals surface area (Å²) >= 11 is 0. The minimum Gasteiger partial charge on any atom is -0.481 e. The first kappa shape index (κ1) is 15.4. The highest BCUT2D eigenvalue weighted by Crippen LogP contribution is 2.32. The van der Waals surface area contributed by atoms with Gasteiger partial charge in [-0.1, -0.05) is 24.3 Å². The fourth-order valence-corrected chi connectivity index (χ4v) is 3.51. The zero-order valence-corrected chi connectivity index (χ0v) is 13.5. The molecule has 1 aromatic heterocycles. The summed E-state index contributed by atoms with van der Waals surface area (Å²) < 4.78 is 0. The maximum absolute atomic E-state index is 13.1. The summed E-state index contributed by atoms with van der Waals surface area (Å²) in [5, 5.41) is 17.3. The van der Waals surface area contributed by atoms with E-state index >= 15 is 0 Å². The lowest BCUT2D eigenvalue weighted by Gasteiger charge is -2.24. The van der Waals surface area contributed by atoms with Crippen LogP contribution < -0.4 is 4.90 Å². The number of H-pyrrole nitrogens is 1. The van der Waals surface area contributed by atoms with Crippen molar-refractivity contribution in [2.75, 3.05) is 4.90 Å². The second kappa shape index (κ2) is 6.05. The maximum atomic E-state index is 13.1. The number of anilines is 1. The molecule has 0 radical (unpaired) electrons. The van der Waals surface area contributed by atoms with Crippen molar-refractivity contribution >= 4 is 28.5 Å². The lowest BCUT2D eigenvalue weighted by molar-refractivity contribution is -0.140. The van der Waals surface area contributed by atoms with Gasteiger partial charge in [0.2, 0.25) is 5.91 Å². The Balaban J connectivity index is 1.85. The minimum absolute atomic E-state index is 0.151. The predicted molar refractivity (Wildman–Crippen MR) is 93.2 cm³/mol. The van der Waals surface area contributed by atoms with E-state index in [0.29, 0.717) is 13.0 Å². The molecule has 2 N–H and O–H groups in total. The molecule has 1 aliphatic heterocycles. The maximum Gasteiger partial charge on any atom is 0.304 e. The van der Waals surface area contributed by atoms with Gasteiger partial charge in [-0.15, -0.1) is 0 Å². The van der Waals surface area contributed by atoms with Gasteiger partial charge in [-0.3, -0.25) is 14.7 Å². The van der Waals surface area contributed by atoms with Crippen LogP contribution >= 0.6 is 0 Å². The van der Waals surface area contributed by atoms with Crippen molar-refractivity contribution in [2.24, 2.45) is 5.92 Å². The molecule has 6 heteroatoms. The molecule has 6 nitrogen and oxygen atoms in total. The molecule has 3 aromatic rings. The average molecular weight is 335 g/mol. The topological polar surface area (TPSA) is 86.3 Å². The van der Waals surface area contributed by atoms with E-state index in [-0.39, 0.29) is 12.3 Å². The number of amides is 1. The van der Waals surface area contributed by atoms with Crippen molar-refractivity contribution in [3.8, 4) is 0 Å². The first-order valence-corrected chi connectivity index (χ1v) is 8.15. The normalized spacial score (nSPS) is 17.4. The number of carboxylic acid groups (broad SMARTS) is 1. The van der Waals surface area contributed by atoms with Crippen LogP contribution in [-0.4, -0.2) is 27.2 Å². The van der Waals surface area contributed by atoms with E-state index in [2.05, 4.69) is 10.2 Å². The summed E-state index contributed by atoms with van der Waals surface area (Å²) in [7, 11) is 0. The molecule has 0 saturated heterocycles. The van der Waals surface area contributed by atoms with Gasteiger partial charge in [0, 0.05) is 11.1 Å². The van der Waals surface area contributed by atoms with Crippen molar-refractivity contribution in [1.29, 1.82) is 0 Å². The summed E-state index contributed by atoms with van der Waals surface area (Å²) in [6.45, 7) is 0.408. The molecule has 0 spiro atoms. The van der Waals surface area contributed by atoms with Crippen LogP contribution in [0.25, 0.3) is 10.9 Å². The summed E-state index contributed by atoms with van der Waals surface area (Å²) in [4.78, 5) is 26.0. The number of aromatic amines is 1. The number of para-hydroxylation sites is 1. The van der Waals surface area contributed by atoms with Crippen LogP contribution in [-0.2, 0) is 22.6 Å². The van der Waals surface area contributed by atoms with Gasteiger partial charge in [-0.25, -0.2) is 0 Å². The van der Waals surface area contributed by atoms with Gasteiger partial charge >= 0.3 is 5.97 Å². The number of nitrogens with zero attached hydrogens (tertiary/aromatic N) is 2. The highest BCUT2D eigenvalue weighted by molar-refractivity contribution is 5.98. The molecule has 0 fully saturated rings. The van der Waals surface area contributed by atoms with Crippen molar-refractivity contribution in [3.63, 3.8) is 0 Å². The lowest BCUT2D eigenvalue weighted by atomic mass is 9.93. The van der Waals surface area contributed by atoms with Gasteiger partial charge in [0.15, 0.2) is 0 Å². The second-order valence-corrected chi connectivity index (χ2v) is 6.29. The molecule has 1 aliphatic rings. The van der Waals surface area contributed by atoms with E-state index < -0.39 is 11.9 Å². The Morgan fingerprint density at radius 3 is 2.80 bits per heavy atom. The van der Waals surface area contributed by atoms with Gasteiger partial charge in [-0.2, -0.15) is 5.10 Å². The monoisotopic (exact) mass is 335 g/mol. The third-order valence-electron chi connectivity index (χ3n) is 4.72. The van der Waals surface area contributed by atoms with Crippen LogP contribution in [0.15, 0.2) is 48.7 Å². The number of rotatable bonds is 3. The minimum atomic E-state index is -0.959. The molecule has 2 heterocycles. The molecule has 1 amide bonds. The van der Waals surface area contributed by atoms with Crippen LogP contribution in [0.2, 0.25) is 0 Å².